The van der Waals surface area contributed by atoms with Crippen LogP contribution in [-0.2, 0) is 12.8 Å². The van der Waals surface area contributed by atoms with Crippen LogP contribution in [0.25, 0.3) is 0 Å². The Bertz CT molecular complexity index is 388. The summed E-state index contributed by atoms with van der Waals surface area (Å²) in [7, 11) is 0. The van der Waals surface area contributed by atoms with Crippen LogP contribution in [0.15, 0.2) is 12.1 Å². The third-order valence-electron chi connectivity index (χ3n) is 3.46. The molecule has 88 valence electrons. The largest absolute Gasteiger partial charge is 0.487 e. The molecule has 0 saturated carbocycles. The van der Waals surface area contributed by atoms with Crippen LogP contribution in [0.1, 0.15) is 23.1 Å². The van der Waals surface area contributed by atoms with Gasteiger partial charge in [0.25, 0.3) is 0 Å². The van der Waals surface area contributed by atoms with Gasteiger partial charge in [-0.05, 0) is 42.9 Å². The highest BCUT2D eigenvalue weighted by Crippen LogP contribution is 2.34. The highest BCUT2D eigenvalue weighted by Gasteiger charge is 2.23. The topological polar surface area (TPSA) is 21.3 Å². The summed E-state index contributed by atoms with van der Waals surface area (Å²) in [5.74, 6) is 1.18. The maximum absolute atomic E-state index is 6.06. The molecule has 3 rings (SSSR count). The summed E-state index contributed by atoms with van der Waals surface area (Å²) in [6, 6.07) is 4.47. The van der Waals surface area contributed by atoms with Gasteiger partial charge in [-0.3, -0.25) is 0 Å². The normalized spacial score (nSPS) is 18.6. The zero-order valence-electron chi connectivity index (χ0n) is 9.58. The van der Waals surface area contributed by atoms with E-state index in [4.69, 9.17) is 4.74 Å². The first-order chi connectivity index (χ1) is 7.34. The molecule has 1 saturated heterocycles. The van der Waals surface area contributed by atoms with Gasteiger partial charge in [-0.1, -0.05) is 12.1 Å². The molecule has 2 nitrogen and oxygen atoms in total. The van der Waals surface area contributed by atoms with E-state index < -0.39 is 0 Å². The van der Waals surface area contributed by atoms with E-state index in [1.807, 2.05) is 0 Å². The van der Waals surface area contributed by atoms with Crippen molar-refractivity contribution in [2.24, 2.45) is 0 Å². The van der Waals surface area contributed by atoms with Crippen molar-refractivity contribution in [3.05, 3.63) is 28.8 Å². The number of fused-ring (bicyclic) bond motifs is 1. The van der Waals surface area contributed by atoms with E-state index in [0.29, 0.717) is 6.10 Å². The third-order valence-corrected chi connectivity index (χ3v) is 3.46. The number of rotatable bonds is 2. The van der Waals surface area contributed by atoms with Crippen molar-refractivity contribution in [1.82, 2.24) is 5.32 Å². The quantitative estimate of drug-likeness (QED) is 0.855. The lowest BCUT2D eigenvalue weighted by Crippen LogP contribution is -2.50. The van der Waals surface area contributed by atoms with Crippen LogP contribution in [0.2, 0.25) is 0 Å². The van der Waals surface area contributed by atoms with Gasteiger partial charge >= 0.3 is 0 Å². The van der Waals surface area contributed by atoms with Gasteiger partial charge in [0.1, 0.15) is 11.9 Å². The number of hydrogen-bond donors (Lipinski definition) is 1. The summed E-state index contributed by atoms with van der Waals surface area (Å²) in [5.41, 5.74) is 4.27. The number of ether oxygens (including phenoxy) is 1. The van der Waals surface area contributed by atoms with Crippen LogP contribution in [0.5, 0.6) is 5.75 Å². The molecule has 1 aromatic carbocycles. The monoisotopic (exact) mass is 239 g/mol. The maximum Gasteiger partial charge on any atom is 0.126 e. The number of benzene rings is 1. The van der Waals surface area contributed by atoms with E-state index in [9.17, 15) is 0 Å². The van der Waals surface area contributed by atoms with Gasteiger partial charge in [0.05, 0.1) is 0 Å². The summed E-state index contributed by atoms with van der Waals surface area (Å²) in [4.78, 5) is 0. The van der Waals surface area contributed by atoms with Gasteiger partial charge in [0.2, 0.25) is 0 Å². The Kier molecular flexibility index (Phi) is 3.41. The lowest BCUT2D eigenvalue weighted by Gasteiger charge is -2.29. The number of hydrogen-bond acceptors (Lipinski definition) is 2. The zero-order valence-corrected chi connectivity index (χ0v) is 10.4. The van der Waals surface area contributed by atoms with Crippen molar-refractivity contribution < 1.29 is 4.74 Å². The lowest BCUT2D eigenvalue weighted by molar-refractivity contribution is 0.140. The molecule has 3 heteroatoms. The van der Waals surface area contributed by atoms with Gasteiger partial charge in [0.15, 0.2) is 0 Å². The molecule has 1 aromatic rings. The Morgan fingerprint density at radius 1 is 1.25 bits per heavy atom. The predicted molar refractivity (Wildman–Crippen MR) is 67.7 cm³/mol. The first-order valence-corrected chi connectivity index (χ1v) is 5.83. The minimum absolute atomic E-state index is 0. The summed E-state index contributed by atoms with van der Waals surface area (Å²) < 4.78 is 6.06. The summed E-state index contributed by atoms with van der Waals surface area (Å²) in [6.45, 7) is 4.16. The molecule has 16 heavy (non-hydrogen) atoms. The van der Waals surface area contributed by atoms with Crippen LogP contribution in [-0.4, -0.2) is 19.2 Å². The minimum Gasteiger partial charge on any atom is -0.487 e. The summed E-state index contributed by atoms with van der Waals surface area (Å²) >= 11 is 0. The molecule has 1 aliphatic heterocycles. The van der Waals surface area contributed by atoms with Gasteiger partial charge in [-0.15, -0.1) is 12.4 Å². The Hall–Kier alpha value is -0.730. The molecule has 0 radical (unpaired) electrons. The molecule has 1 fully saturated rings. The van der Waals surface area contributed by atoms with Crippen molar-refractivity contribution in [3.63, 3.8) is 0 Å². The zero-order chi connectivity index (χ0) is 10.3. The van der Waals surface area contributed by atoms with Gasteiger partial charge < -0.3 is 10.1 Å². The van der Waals surface area contributed by atoms with E-state index >= 15 is 0 Å². The second kappa shape index (κ2) is 4.64. The molecular formula is C13H18ClNO. The van der Waals surface area contributed by atoms with Crippen LogP contribution in [0.3, 0.4) is 0 Å². The molecular weight excluding hydrogens is 222 g/mol. The Morgan fingerprint density at radius 2 is 2.06 bits per heavy atom. The fraction of sp³-hybridized carbons (Fsp3) is 0.538. The molecule has 2 aliphatic rings. The Labute approximate surface area is 103 Å². The molecule has 0 atom stereocenters. The highest BCUT2D eigenvalue weighted by atomic mass is 35.5. The highest BCUT2D eigenvalue weighted by molar-refractivity contribution is 5.85. The lowest BCUT2D eigenvalue weighted by atomic mass is 10.0. The van der Waals surface area contributed by atoms with Gasteiger partial charge in [-0.25, -0.2) is 0 Å². The molecule has 0 spiro atoms. The van der Waals surface area contributed by atoms with Crippen molar-refractivity contribution in [3.8, 4) is 5.75 Å². The first kappa shape index (κ1) is 11.7. The standard InChI is InChI=1S/C13H17NO.ClH/c1-9-5-6-10-3-2-4-12(10)13(9)15-11-7-14-8-11;/h5-6,11,14H,2-4,7-8H2,1H3;1H. The van der Waals surface area contributed by atoms with Crippen LogP contribution in [0.4, 0.5) is 0 Å². The smallest absolute Gasteiger partial charge is 0.126 e. The molecule has 0 unspecified atom stereocenters. The molecule has 0 aromatic heterocycles. The van der Waals surface area contributed by atoms with E-state index in [1.165, 1.54) is 41.7 Å². The van der Waals surface area contributed by atoms with E-state index in [1.54, 1.807) is 0 Å². The molecule has 1 heterocycles. The maximum atomic E-state index is 6.06. The fourth-order valence-electron chi connectivity index (χ4n) is 2.43. The molecule has 0 bridgehead atoms. The van der Waals surface area contributed by atoms with Crippen molar-refractivity contribution in [2.75, 3.05) is 13.1 Å². The fourth-order valence-corrected chi connectivity index (χ4v) is 2.43. The van der Waals surface area contributed by atoms with Crippen LogP contribution >= 0.6 is 12.4 Å². The molecule has 1 aliphatic carbocycles. The minimum atomic E-state index is 0. The van der Waals surface area contributed by atoms with Gasteiger partial charge in [0, 0.05) is 13.1 Å². The number of nitrogens with one attached hydrogen (secondary N) is 1. The number of halogens is 1. The number of aryl methyl sites for hydroxylation is 2. The predicted octanol–water partition coefficient (Wildman–Crippen LogP) is 2.26. The van der Waals surface area contributed by atoms with Crippen LogP contribution in [0, 0.1) is 6.92 Å². The van der Waals surface area contributed by atoms with E-state index in [0.717, 1.165) is 13.1 Å². The second-order valence-electron chi connectivity index (χ2n) is 4.60. The molecule has 1 N–H and O–H groups in total. The average Bonchev–Trinajstić information content (AvgIpc) is 2.61. The second-order valence-corrected chi connectivity index (χ2v) is 4.60. The SMILES string of the molecule is Cc1ccc2c(c1OC1CNC1)CCC2.Cl. The Balaban J connectivity index is 0.000000963. The third kappa shape index (κ3) is 1.92. The van der Waals surface area contributed by atoms with Crippen molar-refractivity contribution in [1.29, 1.82) is 0 Å². The van der Waals surface area contributed by atoms with Gasteiger partial charge in [-0.2, -0.15) is 0 Å². The Morgan fingerprint density at radius 3 is 2.75 bits per heavy atom. The summed E-state index contributed by atoms with van der Waals surface area (Å²) in [5, 5.41) is 3.24. The van der Waals surface area contributed by atoms with E-state index in [2.05, 4.69) is 24.4 Å². The molecule has 0 amide bonds. The first-order valence-electron chi connectivity index (χ1n) is 5.83. The van der Waals surface area contributed by atoms with Crippen LogP contribution < -0.4 is 10.1 Å². The van der Waals surface area contributed by atoms with Crippen molar-refractivity contribution in [2.45, 2.75) is 32.3 Å². The average molecular weight is 240 g/mol. The van der Waals surface area contributed by atoms with E-state index in [-0.39, 0.29) is 12.4 Å². The van der Waals surface area contributed by atoms with Crippen molar-refractivity contribution >= 4 is 12.4 Å². The summed E-state index contributed by atoms with van der Waals surface area (Å²) in [6.07, 6.45) is 4.12.